The Hall–Kier alpha value is -1.59. The van der Waals surface area contributed by atoms with E-state index in [1.807, 2.05) is 0 Å². The van der Waals surface area contributed by atoms with Gasteiger partial charge in [0.2, 0.25) is 0 Å². The Bertz CT molecular complexity index is 1110. The Balaban J connectivity index is 2.17. The van der Waals surface area contributed by atoms with Gasteiger partial charge in [-0.15, -0.1) is 0 Å². The average Bonchev–Trinajstić information content (AvgIpc) is 3.32. The van der Waals surface area contributed by atoms with Crippen molar-refractivity contribution in [3.63, 3.8) is 0 Å². The molecule has 0 aromatic heterocycles. The fourth-order valence-electron chi connectivity index (χ4n) is 8.68. The van der Waals surface area contributed by atoms with E-state index in [0.29, 0.717) is 13.0 Å². The Morgan fingerprint density at radius 2 is 0.879 bits per heavy atom. The molecule has 0 bridgehead atoms. The Morgan fingerprint density at radius 1 is 0.485 bits per heavy atom. The third-order valence-electron chi connectivity index (χ3n) is 13.1. The highest BCUT2D eigenvalue weighted by Gasteiger charge is 2.44. The predicted molar refractivity (Wildman–Crippen MR) is 275 cm³/mol. The number of hydrogen-bond donors (Lipinski definition) is 4. The number of allylic oxidation sites excluding steroid dienone is 6. The van der Waals surface area contributed by atoms with Crippen LogP contribution in [0.5, 0.6) is 0 Å². The van der Waals surface area contributed by atoms with Crippen molar-refractivity contribution in [3.05, 3.63) is 36.5 Å². The molecule has 1 fully saturated rings. The SMILES string of the molecule is CCCCCCC/C=C\C/C=C\C/C=C\CCCCCCCCC(=O)OC(COCCCCCCCCCCCCCCCCCCCCCCCC)COC1OC(CO)C(O)C(O)C1O. The zero-order chi connectivity index (χ0) is 47.8. The standard InChI is InChI=1S/C57H106O9/c1-3-5-7-9-11-13-15-17-19-21-23-25-27-29-31-33-35-37-39-41-43-45-47-63-49-51(50-64-57-56(62)55(61)54(60)52(48-58)66-57)65-53(59)46-44-42-40-38-36-34-32-30-28-26-24-22-20-18-16-14-12-10-8-6-4-2/h16,18,22,24,28,30,51-52,54-58,60-62H,3-15,17,19-21,23,25-27,29,31-50H2,1-2H3/b18-16-,24-22-,30-28-. The number of rotatable bonds is 49. The largest absolute Gasteiger partial charge is 0.457 e. The fourth-order valence-corrected chi connectivity index (χ4v) is 8.68. The lowest BCUT2D eigenvalue weighted by atomic mass is 9.99. The van der Waals surface area contributed by atoms with Gasteiger partial charge in [0.25, 0.3) is 0 Å². The molecule has 0 radical (unpaired) electrons. The second-order valence-electron chi connectivity index (χ2n) is 19.4. The maximum atomic E-state index is 12.9. The Labute approximate surface area is 406 Å². The van der Waals surface area contributed by atoms with Gasteiger partial charge in [-0.3, -0.25) is 4.79 Å². The zero-order valence-electron chi connectivity index (χ0n) is 43.0. The molecule has 1 rings (SSSR count). The molecule has 9 nitrogen and oxygen atoms in total. The van der Waals surface area contributed by atoms with Crippen LogP contribution in [0, 0.1) is 0 Å². The van der Waals surface area contributed by atoms with Crippen LogP contribution in [0.1, 0.15) is 258 Å². The first-order valence-corrected chi connectivity index (χ1v) is 28.1. The van der Waals surface area contributed by atoms with Gasteiger partial charge in [-0.05, 0) is 51.4 Å². The van der Waals surface area contributed by atoms with Gasteiger partial charge < -0.3 is 39.4 Å². The summed E-state index contributed by atoms with van der Waals surface area (Å²) in [4.78, 5) is 12.9. The molecule has 1 aliphatic heterocycles. The summed E-state index contributed by atoms with van der Waals surface area (Å²) in [6.45, 7) is 4.58. The smallest absolute Gasteiger partial charge is 0.306 e. The maximum Gasteiger partial charge on any atom is 0.306 e. The molecule has 6 atom stereocenters. The molecular formula is C57H106O9. The first kappa shape index (κ1) is 62.4. The summed E-state index contributed by atoms with van der Waals surface area (Å²) < 4.78 is 22.9. The van der Waals surface area contributed by atoms with Crippen LogP contribution in [0.2, 0.25) is 0 Å². The molecule has 1 heterocycles. The minimum absolute atomic E-state index is 0.116. The van der Waals surface area contributed by atoms with Gasteiger partial charge >= 0.3 is 5.97 Å². The van der Waals surface area contributed by atoms with Crippen molar-refractivity contribution in [2.24, 2.45) is 0 Å². The lowest BCUT2D eigenvalue weighted by molar-refractivity contribution is -0.305. The third-order valence-corrected chi connectivity index (χ3v) is 13.1. The average molecular weight is 935 g/mol. The summed E-state index contributed by atoms with van der Waals surface area (Å²) in [5.74, 6) is -0.321. The van der Waals surface area contributed by atoms with Crippen LogP contribution < -0.4 is 0 Å². The van der Waals surface area contributed by atoms with Gasteiger partial charge in [-0.25, -0.2) is 0 Å². The number of ether oxygens (including phenoxy) is 4. The van der Waals surface area contributed by atoms with Crippen molar-refractivity contribution in [2.75, 3.05) is 26.4 Å². The first-order chi connectivity index (χ1) is 32.4. The van der Waals surface area contributed by atoms with Crippen molar-refractivity contribution in [1.82, 2.24) is 0 Å². The molecule has 6 unspecified atom stereocenters. The van der Waals surface area contributed by atoms with Crippen LogP contribution in [0.15, 0.2) is 36.5 Å². The van der Waals surface area contributed by atoms with Crippen LogP contribution in [0.25, 0.3) is 0 Å². The molecule has 0 aromatic carbocycles. The molecule has 0 aliphatic carbocycles. The van der Waals surface area contributed by atoms with E-state index in [4.69, 9.17) is 18.9 Å². The molecule has 1 aliphatic rings. The van der Waals surface area contributed by atoms with Crippen LogP contribution in [-0.4, -0.2) is 89.6 Å². The van der Waals surface area contributed by atoms with Crippen molar-refractivity contribution < 1.29 is 44.2 Å². The van der Waals surface area contributed by atoms with Gasteiger partial charge in [0, 0.05) is 13.0 Å². The monoisotopic (exact) mass is 935 g/mol. The van der Waals surface area contributed by atoms with E-state index in [-0.39, 0.29) is 19.2 Å². The number of carbonyl (C=O) groups is 1. The van der Waals surface area contributed by atoms with Crippen molar-refractivity contribution >= 4 is 5.97 Å². The molecule has 0 spiro atoms. The summed E-state index contributed by atoms with van der Waals surface area (Å²) in [5.41, 5.74) is 0. The molecule has 0 amide bonds. The molecule has 1 saturated heterocycles. The highest BCUT2D eigenvalue weighted by atomic mass is 16.7. The molecule has 0 saturated carbocycles. The van der Waals surface area contributed by atoms with Gasteiger partial charge in [0.1, 0.15) is 30.5 Å². The highest BCUT2D eigenvalue weighted by Crippen LogP contribution is 2.23. The number of carbonyl (C=O) groups excluding carboxylic acids is 1. The molecule has 9 heteroatoms. The van der Waals surface area contributed by atoms with E-state index < -0.39 is 43.4 Å². The topological polar surface area (TPSA) is 135 Å². The summed E-state index contributed by atoms with van der Waals surface area (Å²) in [6, 6.07) is 0. The van der Waals surface area contributed by atoms with E-state index in [9.17, 15) is 25.2 Å². The highest BCUT2D eigenvalue weighted by molar-refractivity contribution is 5.69. The van der Waals surface area contributed by atoms with Crippen molar-refractivity contribution in [1.29, 1.82) is 0 Å². The van der Waals surface area contributed by atoms with E-state index >= 15 is 0 Å². The van der Waals surface area contributed by atoms with Gasteiger partial charge in [-0.2, -0.15) is 0 Å². The van der Waals surface area contributed by atoms with Crippen LogP contribution in [0.4, 0.5) is 0 Å². The molecule has 0 aromatic rings. The zero-order valence-corrected chi connectivity index (χ0v) is 43.0. The first-order valence-electron chi connectivity index (χ1n) is 28.1. The Kier molecular flexibility index (Phi) is 45.8. The Morgan fingerprint density at radius 3 is 1.32 bits per heavy atom. The molecule has 4 N–H and O–H groups in total. The lowest BCUT2D eigenvalue weighted by Crippen LogP contribution is -2.59. The summed E-state index contributed by atoms with van der Waals surface area (Å²) in [7, 11) is 0. The lowest BCUT2D eigenvalue weighted by Gasteiger charge is -2.39. The number of aliphatic hydroxyl groups is 4. The molecule has 388 valence electrons. The number of esters is 1. The summed E-state index contributed by atoms with van der Waals surface area (Å²) >= 11 is 0. The minimum atomic E-state index is -1.54. The quantitative estimate of drug-likeness (QED) is 0.0267. The molecular weight excluding hydrogens is 829 g/mol. The fraction of sp³-hybridized carbons (Fsp3) is 0.877. The summed E-state index contributed by atoms with van der Waals surface area (Å²) in [5, 5.41) is 40.3. The number of unbranched alkanes of at least 4 members (excludes halogenated alkanes) is 32. The van der Waals surface area contributed by atoms with E-state index in [1.165, 1.54) is 180 Å². The molecule has 66 heavy (non-hydrogen) atoms. The van der Waals surface area contributed by atoms with Gasteiger partial charge in [0.05, 0.1) is 19.8 Å². The van der Waals surface area contributed by atoms with Crippen molar-refractivity contribution in [3.8, 4) is 0 Å². The minimum Gasteiger partial charge on any atom is -0.457 e. The maximum absolute atomic E-state index is 12.9. The van der Waals surface area contributed by atoms with Crippen LogP contribution in [0.3, 0.4) is 0 Å². The normalized spacial score (nSPS) is 19.5. The van der Waals surface area contributed by atoms with Crippen LogP contribution in [-0.2, 0) is 23.7 Å². The van der Waals surface area contributed by atoms with E-state index in [1.54, 1.807) is 0 Å². The van der Waals surface area contributed by atoms with E-state index in [2.05, 4.69) is 50.3 Å². The summed E-state index contributed by atoms with van der Waals surface area (Å²) in [6.07, 6.45) is 53.3. The second-order valence-corrected chi connectivity index (χ2v) is 19.4. The second kappa shape index (κ2) is 48.4. The van der Waals surface area contributed by atoms with E-state index in [0.717, 1.165) is 57.8 Å². The number of aliphatic hydroxyl groups excluding tert-OH is 4. The number of hydrogen-bond acceptors (Lipinski definition) is 9. The third kappa shape index (κ3) is 38.3. The van der Waals surface area contributed by atoms with Crippen LogP contribution >= 0.6 is 0 Å². The van der Waals surface area contributed by atoms with Crippen molar-refractivity contribution in [2.45, 2.75) is 295 Å². The van der Waals surface area contributed by atoms with Gasteiger partial charge in [0.15, 0.2) is 6.29 Å². The van der Waals surface area contributed by atoms with Gasteiger partial charge in [-0.1, -0.05) is 237 Å². The predicted octanol–water partition coefficient (Wildman–Crippen LogP) is 14.3.